The molecule has 11 heteroatoms. The zero-order valence-electron chi connectivity index (χ0n) is 21.5. The number of rotatable bonds is 8. The lowest BCUT2D eigenvalue weighted by Gasteiger charge is -2.19. The third kappa shape index (κ3) is 5.68. The van der Waals surface area contributed by atoms with Crippen LogP contribution in [0.25, 0.3) is 16.9 Å². The lowest BCUT2D eigenvalue weighted by molar-refractivity contribution is -0.121. The minimum Gasteiger partial charge on any atom is -0.326 e. The van der Waals surface area contributed by atoms with Gasteiger partial charge in [0.1, 0.15) is 6.04 Å². The largest absolute Gasteiger partial charge is 0.326 e. The smallest absolute Gasteiger partial charge is 0.254 e. The zero-order chi connectivity index (χ0) is 28.5. The Morgan fingerprint density at radius 2 is 1.80 bits per heavy atom. The van der Waals surface area contributed by atoms with E-state index in [2.05, 4.69) is 20.6 Å². The van der Waals surface area contributed by atoms with E-state index in [1.54, 1.807) is 18.2 Å². The van der Waals surface area contributed by atoms with Crippen molar-refractivity contribution in [2.75, 3.05) is 5.32 Å². The number of anilines is 1. The third-order valence-corrected chi connectivity index (χ3v) is 7.34. The van der Waals surface area contributed by atoms with Gasteiger partial charge in [0.15, 0.2) is 10.9 Å². The topological polar surface area (TPSA) is 112 Å². The van der Waals surface area contributed by atoms with Gasteiger partial charge in [0, 0.05) is 35.2 Å². The number of aromatic nitrogens is 5. The fourth-order valence-corrected chi connectivity index (χ4v) is 5.28. The molecule has 0 aliphatic carbocycles. The summed E-state index contributed by atoms with van der Waals surface area (Å²) >= 11 is 12.3. The first-order chi connectivity index (χ1) is 19.8. The molecule has 5 aromatic rings. The van der Waals surface area contributed by atoms with Gasteiger partial charge < -0.3 is 5.32 Å². The van der Waals surface area contributed by atoms with Crippen LogP contribution in [0.15, 0.2) is 90.1 Å². The molecule has 0 radical (unpaired) electrons. The van der Waals surface area contributed by atoms with Crippen LogP contribution in [0, 0.1) is 0 Å². The highest BCUT2D eigenvalue weighted by Gasteiger charge is 2.25. The van der Waals surface area contributed by atoms with Gasteiger partial charge in [-0.1, -0.05) is 70.9 Å². The molecule has 1 aliphatic rings. The number of hydrogen-bond donors (Lipinski definition) is 1. The number of halogens is 2. The Labute approximate surface area is 244 Å². The first kappa shape index (κ1) is 26.6. The number of carbonyl (C=O) groups excluding carboxylic acids is 2. The highest BCUT2D eigenvalue weighted by molar-refractivity contribution is 6.31. The summed E-state index contributed by atoms with van der Waals surface area (Å²) in [6.07, 6.45) is 3.62. The first-order valence-corrected chi connectivity index (χ1v) is 13.5. The van der Waals surface area contributed by atoms with Crippen LogP contribution in [0.5, 0.6) is 0 Å². The van der Waals surface area contributed by atoms with Crippen LogP contribution >= 0.6 is 23.2 Å². The maximum absolute atomic E-state index is 13.8. The molecule has 0 saturated carbocycles. The minimum atomic E-state index is -0.799. The number of ketones is 1. The number of nitrogens with zero attached hydrogens (tertiary/aromatic N) is 5. The van der Waals surface area contributed by atoms with Crippen LogP contribution in [0.2, 0.25) is 10.2 Å². The summed E-state index contributed by atoms with van der Waals surface area (Å²) in [7, 11) is 0. The van der Waals surface area contributed by atoms with Gasteiger partial charge in [-0.15, -0.1) is 5.10 Å². The van der Waals surface area contributed by atoms with Crippen LogP contribution in [-0.4, -0.2) is 36.2 Å². The molecule has 1 amide bonds. The maximum atomic E-state index is 13.8. The predicted octanol–water partition coefficient (Wildman–Crippen LogP) is 4.89. The molecule has 41 heavy (non-hydrogen) atoms. The third-order valence-electron chi connectivity index (χ3n) is 6.94. The molecule has 0 saturated heterocycles. The molecule has 0 bridgehead atoms. The molecule has 2 aromatic heterocycles. The summed E-state index contributed by atoms with van der Waals surface area (Å²) in [5, 5.41) is 11.3. The van der Waals surface area contributed by atoms with Gasteiger partial charge in [-0.3, -0.25) is 19.0 Å². The van der Waals surface area contributed by atoms with Crippen molar-refractivity contribution in [3.05, 3.63) is 123 Å². The van der Waals surface area contributed by atoms with E-state index in [1.165, 1.54) is 27.8 Å². The summed E-state index contributed by atoms with van der Waals surface area (Å²) in [4.78, 5) is 43.7. The van der Waals surface area contributed by atoms with E-state index in [9.17, 15) is 14.4 Å². The molecule has 1 N–H and O–H groups in total. The molecule has 1 aliphatic heterocycles. The van der Waals surface area contributed by atoms with E-state index in [-0.39, 0.29) is 29.7 Å². The minimum absolute atomic E-state index is 0.0714. The number of Topliss-reactive ketones (excluding diaryl/α,β-unsaturated/α-hetero) is 1. The Morgan fingerprint density at radius 1 is 0.976 bits per heavy atom. The van der Waals surface area contributed by atoms with E-state index >= 15 is 0 Å². The average molecular weight is 585 g/mol. The highest BCUT2D eigenvalue weighted by atomic mass is 35.5. The summed E-state index contributed by atoms with van der Waals surface area (Å²) < 4.78 is 2.84. The quantitative estimate of drug-likeness (QED) is 0.278. The fraction of sp³-hybridized carbons (Fsp3) is 0.133. The fourth-order valence-electron chi connectivity index (χ4n) is 4.98. The van der Waals surface area contributed by atoms with Crippen LogP contribution in [-0.2, 0) is 28.9 Å². The summed E-state index contributed by atoms with van der Waals surface area (Å²) in [5.41, 5.74) is 4.40. The molecule has 0 fully saturated rings. The van der Waals surface area contributed by atoms with Crippen molar-refractivity contribution in [3.63, 3.8) is 0 Å². The van der Waals surface area contributed by atoms with Gasteiger partial charge in [-0.25, -0.2) is 9.67 Å². The predicted molar refractivity (Wildman–Crippen MR) is 156 cm³/mol. The number of carbonyl (C=O) groups is 2. The average Bonchev–Trinajstić information content (AvgIpc) is 3.56. The molecule has 1 atom stereocenters. The monoisotopic (exact) mass is 584 g/mol. The van der Waals surface area contributed by atoms with E-state index in [0.29, 0.717) is 28.4 Å². The molecule has 6 rings (SSSR count). The molecule has 9 nitrogen and oxygen atoms in total. The van der Waals surface area contributed by atoms with Gasteiger partial charge >= 0.3 is 0 Å². The Balaban J connectivity index is 1.35. The van der Waals surface area contributed by atoms with E-state index < -0.39 is 11.6 Å². The molecular formula is C30H22Cl2N6O3. The molecule has 3 heterocycles. The normalized spacial score (nSPS) is 13.1. The van der Waals surface area contributed by atoms with Crippen molar-refractivity contribution in [2.24, 2.45) is 0 Å². The van der Waals surface area contributed by atoms with Crippen molar-refractivity contribution in [3.8, 4) is 16.9 Å². The van der Waals surface area contributed by atoms with Gasteiger partial charge in [-0.2, -0.15) is 0 Å². The van der Waals surface area contributed by atoms with Gasteiger partial charge in [0.2, 0.25) is 5.91 Å². The molecule has 204 valence electrons. The van der Waals surface area contributed by atoms with Crippen molar-refractivity contribution in [1.82, 2.24) is 24.5 Å². The van der Waals surface area contributed by atoms with Crippen molar-refractivity contribution >= 4 is 40.6 Å². The van der Waals surface area contributed by atoms with Crippen LogP contribution in [0.3, 0.4) is 0 Å². The van der Waals surface area contributed by atoms with E-state index in [1.807, 2.05) is 48.5 Å². The first-order valence-electron chi connectivity index (χ1n) is 12.8. The summed E-state index contributed by atoms with van der Waals surface area (Å²) in [5.74, 6) is -0.221. The SMILES string of the molecule is O=C1Cc2cc(CC(=O)[C@H](Cc3ccccc3)n3cnc(-c4cc(Cl)ccc4-n4cc(Cl)nn4)cc3=O)ccc2N1. The highest BCUT2D eigenvalue weighted by Crippen LogP contribution is 2.29. The van der Waals surface area contributed by atoms with Crippen molar-refractivity contribution < 1.29 is 9.59 Å². The second kappa shape index (κ2) is 11.1. The number of benzene rings is 3. The molecular weight excluding hydrogens is 563 g/mol. The van der Waals surface area contributed by atoms with Gasteiger partial charge in [-0.05, 0) is 41.0 Å². The Kier molecular flexibility index (Phi) is 7.21. The summed E-state index contributed by atoms with van der Waals surface area (Å²) in [6, 6.07) is 20.7. The van der Waals surface area contributed by atoms with Gasteiger partial charge in [0.05, 0.1) is 30.3 Å². The van der Waals surface area contributed by atoms with E-state index in [4.69, 9.17) is 23.2 Å². The summed E-state index contributed by atoms with van der Waals surface area (Å²) in [6.45, 7) is 0. The van der Waals surface area contributed by atoms with Gasteiger partial charge in [0.25, 0.3) is 5.56 Å². The standard InChI is InChI=1S/C30H22Cl2N6O3/c31-21-7-9-25(38-16-28(32)35-36-38)22(14-21)24-15-30(41)37(17-33-24)26(11-18-4-2-1-3-5-18)27(39)12-19-6-8-23-20(10-19)13-29(40)34-23/h1-10,14-17,26H,11-13H2,(H,34,40)/t26-/m0/s1. The number of nitrogens with one attached hydrogen (secondary N) is 1. The second-order valence-corrected chi connectivity index (χ2v) is 10.6. The molecule has 0 unspecified atom stereocenters. The Bertz CT molecular complexity index is 1850. The van der Waals surface area contributed by atoms with Crippen LogP contribution in [0.1, 0.15) is 22.7 Å². The molecule has 3 aromatic carbocycles. The lowest BCUT2D eigenvalue weighted by Crippen LogP contribution is -2.32. The number of fused-ring (bicyclic) bond motifs is 1. The Hall–Kier alpha value is -4.60. The van der Waals surface area contributed by atoms with Crippen LogP contribution in [0.4, 0.5) is 5.69 Å². The van der Waals surface area contributed by atoms with E-state index in [0.717, 1.165) is 22.4 Å². The van der Waals surface area contributed by atoms with Crippen LogP contribution < -0.4 is 10.9 Å². The maximum Gasteiger partial charge on any atom is 0.254 e. The zero-order valence-corrected chi connectivity index (χ0v) is 23.0. The van der Waals surface area contributed by atoms with Crippen molar-refractivity contribution in [2.45, 2.75) is 25.3 Å². The number of hydrogen-bond acceptors (Lipinski definition) is 6. The lowest BCUT2D eigenvalue weighted by atomic mass is 9.96. The van der Waals surface area contributed by atoms with Crippen molar-refractivity contribution in [1.29, 1.82) is 0 Å². The Morgan fingerprint density at radius 3 is 2.56 bits per heavy atom. The molecule has 0 spiro atoms. The second-order valence-electron chi connectivity index (χ2n) is 9.73. The number of amides is 1.